The molecule has 138 valence electrons. The number of guanidine groups is 1. The minimum atomic E-state index is -3.18. The largest absolute Gasteiger partial charge is 0.496 e. The van der Waals surface area contributed by atoms with Crippen LogP contribution in [0.2, 0.25) is 0 Å². The van der Waals surface area contributed by atoms with Crippen LogP contribution >= 0.6 is 24.0 Å². The number of ether oxygens (including phenoxy) is 1. The first kappa shape index (κ1) is 22.9. The third-order valence-electron chi connectivity index (χ3n) is 3.21. The van der Waals surface area contributed by atoms with Crippen molar-refractivity contribution in [3.05, 3.63) is 29.3 Å². The van der Waals surface area contributed by atoms with Crippen LogP contribution < -0.4 is 20.1 Å². The number of sulfonamides is 1. The Morgan fingerprint density at radius 3 is 2.54 bits per heavy atom. The van der Waals surface area contributed by atoms with Gasteiger partial charge >= 0.3 is 0 Å². The van der Waals surface area contributed by atoms with E-state index in [0.29, 0.717) is 19.0 Å². The molecule has 0 aliphatic rings. The average Bonchev–Trinajstić information content (AvgIpc) is 2.49. The van der Waals surface area contributed by atoms with Crippen LogP contribution in [0.15, 0.2) is 23.2 Å². The van der Waals surface area contributed by atoms with Crippen LogP contribution in [0.4, 0.5) is 0 Å². The molecular weight excluding hydrogens is 443 g/mol. The first-order valence-electron chi connectivity index (χ1n) is 7.33. The summed E-state index contributed by atoms with van der Waals surface area (Å²) in [5.74, 6) is 1.40. The van der Waals surface area contributed by atoms with Crippen molar-refractivity contribution in [2.24, 2.45) is 4.99 Å². The average molecular weight is 470 g/mol. The fourth-order valence-corrected chi connectivity index (χ4v) is 2.56. The second-order valence-electron chi connectivity index (χ2n) is 5.28. The Kier molecular flexibility index (Phi) is 10.2. The molecule has 0 saturated heterocycles. The van der Waals surface area contributed by atoms with Gasteiger partial charge in [-0.2, -0.15) is 0 Å². The molecule has 0 spiro atoms. The van der Waals surface area contributed by atoms with Gasteiger partial charge in [0, 0.05) is 25.7 Å². The smallest absolute Gasteiger partial charge is 0.208 e. The van der Waals surface area contributed by atoms with Crippen molar-refractivity contribution in [3.8, 4) is 5.75 Å². The molecular formula is C15H27IN4O3S. The van der Waals surface area contributed by atoms with Crippen LogP contribution in [0, 0.1) is 6.92 Å². The summed E-state index contributed by atoms with van der Waals surface area (Å²) >= 11 is 0. The van der Waals surface area contributed by atoms with Crippen molar-refractivity contribution in [1.82, 2.24) is 15.4 Å². The van der Waals surface area contributed by atoms with Crippen molar-refractivity contribution in [2.75, 3.05) is 33.5 Å². The molecule has 9 heteroatoms. The van der Waals surface area contributed by atoms with Crippen LogP contribution in [0.1, 0.15) is 24.1 Å². The molecule has 1 aromatic carbocycles. The molecule has 24 heavy (non-hydrogen) atoms. The standard InChI is InChI=1S/C15H26N4O3S.HI/c1-11-6-7-14(22-4)13(10-11)12(2)19-15(16-3)17-8-9-18-23(5,20)21;/h6-7,10,12,18H,8-9H2,1-5H3,(H2,16,17,19);1H. The molecule has 7 nitrogen and oxygen atoms in total. The topological polar surface area (TPSA) is 91.8 Å². The van der Waals surface area contributed by atoms with Crippen molar-refractivity contribution in [2.45, 2.75) is 19.9 Å². The number of nitrogens with one attached hydrogen (secondary N) is 3. The lowest BCUT2D eigenvalue weighted by Crippen LogP contribution is -2.42. The van der Waals surface area contributed by atoms with Gasteiger partial charge in [0.05, 0.1) is 19.4 Å². The quantitative estimate of drug-likeness (QED) is 0.243. The van der Waals surface area contributed by atoms with Crippen LogP contribution in [0.5, 0.6) is 5.75 Å². The molecule has 1 aromatic rings. The molecule has 0 aromatic heterocycles. The Bertz CT molecular complexity index is 650. The van der Waals surface area contributed by atoms with Crippen molar-refractivity contribution < 1.29 is 13.2 Å². The number of aryl methyl sites for hydroxylation is 1. The molecule has 3 N–H and O–H groups in total. The molecule has 0 radical (unpaired) electrons. The molecule has 1 rings (SSSR count). The highest BCUT2D eigenvalue weighted by Gasteiger charge is 2.13. The zero-order valence-electron chi connectivity index (χ0n) is 14.7. The molecule has 0 aliphatic heterocycles. The van der Waals surface area contributed by atoms with E-state index in [1.54, 1.807) is 14.2 Å². The fraction of sp³-hybridized carbons (Fsp3) is 0.533. The van der Waals surface area contributed by atoms with E-state index in [1.807, 2.05) is 26.0 Å². The number of methoxy groups -OCH3 is 1. The summed E-state index contributed by atoms with van der Waals surface area (Å²) in [6, 6.07) is 5.99. The van der Waals surface area contributed by atoms with Gasteiger partial charge in [-0.25, -0.2) is 13.1 Å². The zero-order valence-corrected chi connectivity index (χ0v) is 17.9. The number of benzene rings is 1. The summed E-state index contributed by atoms with van der Waals surface area (Å²) in [6.45, 7) is 4.77. The Labute approximate surface area is 161 Å². The lowest BCUT2D eigenvalue weighted by molar-refractivity contribution is 0.405. The van der Waals surface area contributed by atoms with Gasteiger partial charge in [0.15, 0.2) is 5.96 Å². The van der Waals surface area contributed by atoms with Gasteiger partial charge in [0.25, 0.3) is 0 Å². The van der Waals surface area contributed by atoms with Crippen molar-refractivity contribution >= 4 is 40.0 Å². The van der Waals surface area contributed by atoms with Gasteiger partial charge in [-0.3, -0.25) is 4.99 Å². The van der Waals surface area contributed by atoms with E-state index in [2.05, 4.69) is 26.4 Å². The summed E-state index contributed by atoms with van der Waals surface area (Å²) < 4.78 is 29.8. The minimum Gasteiger partial charge on any atom is -0.496 e. The van der Waals surface area contributed by atoms with Gasteiger partial charge in [-0.05, 0) is 19.9 Å². The predicted molar refractivity (Wildman–Crippen MR) is 109 cm³/mol. The highest BCUT2D eigenvalue weighted by Crippen LogP contribution is 2.25. The predicted octanol–water partition coefficient (Wildman–Crippen LogP) is 1.40. The number of nitrogens with zero attached hydrogens (tertiary/aromatic N) is 1. The lowest BCUT2D eigenvalue weighted by Gasteiger charge is -2.20. The maximum Gasteiger partial charge on any atom is 0.208 e. The zero-order chi connectivity index (χ0) is 17.5. The van der Waals surface area contributed by atoms with E-state index in [-0.39, 0.29) is 30.0 Å². The summed E-state index contributed by atoms with van der Waals surface area (Å²) in [7, 11) is 0.134. The molecule has 1 unspecified atom stereocenters. The second-order valence-corrected chi connectivity index (χ2v) is 7.11. The van der Waals surface area contributed by atoms with E-state index < -0.39 is 10.0 Å². The van der Waals surface area contributed by atoms with Crippen molar-refractivity contribution in [3.63, 3.8) is 0 Å². The Hall–Kier alpha value is -1.07. The van der Waals surface area contributed by atoms with Gasteiger partial charge in [-0.15, -0.1) is 24.0 Å². The lowest BCUT2D eigenvalue weighted by atomic mass is 10.0. The maximum absolute atomic E-state index is 11.0. The third kappa shape index (κ3) is 8.15. The Morgan fingerprint density at radius 2 is 2.00 bits per heavy atom. The first-order valence-corrected chi connectivity index (χ1v) is 9.22. The molecule has 0 bridgehead atoms. The number of hydrogen-bond acceptors (Lipinski definition) is 4. The van der Waals surface area contributed by atoms with Crippen LogP contribution in [0.3, 0.4) is 0 Å². The summed E-state index contributed by atoms with van der Waals surface area (Å²) in [5.41, 5.74) is 2.18. The molecule has 0 saturated carbocycles. The monoisotopic (exact) mass is 470 g/mol. The van der Waals surface area contributed by atoms with E-state index in [4.69, 9.17) is 4.74 Å². The van der Waals surface area contributed by atoms with Crippen LogP contribution in [-0.2, 0) is 10.0 Å². The highest BCUT2D eigenvalue weighted by atomic mass is 127. The SMILES string of the molecule is CN=C(NCCNS(C)(=O)=O)NC(C)c1cc(C)ccc1OC.I. The van der Waals surface area contributed by atoms with Crippen LogP contribution in [-0.4, -0.2) is 47.9 Å². The number of aliphatic imine (C=N–C) groups is 1. The van der Waals surface area contributed by atoms with E-state index in [1.165, 1.54) is 0 Å². The summed E-state index contributed by atoms with van der Waals surface area (Å²) in [4.78, 5) is 4.14. The summed E-state index contributed by atoms with van der Waals surface area (Å²) in [5, 5.41) is 6.33. The normalized spacial score (nSPS) is 13.0. The number of rotatable bonds is 7. The van der Waals surface area contributed by atoms with E-state index in [9.17, 15) is 8.42 Å². The minimum absolute atomic E-state index is 0. The number of halogens is 1. The first-order chi connectivity index (χ1) is 10.8. The highest BCUT2D eigenvalue weighted by molar-refractivity contribution is 14.0. The fourth-order valence-electron chi connectivity index (χ4n) is 2.09. The van der Waals surface area contributed by atoms with E-state index in [0.717, 1.165) is 23.1 Å². The van der Waals surface area contributed by atoms with Gasteiger partial charge in [0.1, 0.15) is 5.75 Å². The second kappa shape index (κ2) is 10.7. The number of hydrogen-bond donors (Lipinski definition) is 3. The Morgan fingerprint density at radius 1 is 1.33 bits per heavy atom. The van der Waals surface area contributed by atoms with E-state index >= 15 is 0 Å². The van der Waals surface area contributed by atoms with Crippen LogP contribution in [0.25, 0.3) is 0 Å². The summed E-state index contributed by atoms with van der Waals surface area (Å²) in [6.07, 6.45) is 1.13. The van der Waals surface area contributed by atoms with Crippen molar-refractivity contribution in [1.29, 1.82) is 0 Å². The van der Waals surface area contributed by atoms with Gasteiger partial charge in [-0.1, -0.05) is 17.7 Å². The molecule has 1 atom stereocenters. The van der Waals surface area contributed by atoms with Gasteiger partial charge < -0.3 is 15.4 Å². The third-order valence-corrected chi connectivity index (χ3v) is 3.94. The van der Waals surface area contributed by atoms with Gasteiger partial charge in [0.2, 0.25) is 10.0 Å². The molecule has 0 fully saturated rings. The molecule has 0 heterocycles. The Balaban J connectivity index is 0.00000529. The molecule has 0 amide bonds. The molecule has 0 aliphatic carbocycles. The maximum atomic E-state index is 11.0.